The van der Waals surface area contributed by atoms with E-state index in [1.54, 1.807) is 17.4 Å². The molecule has 0 radical (unpaired) electrons. The minimum Gasteiger partial charge on any atom is -0.359 e. The molecule has 3 aromatic heterocycles. The number of anilines is 2. The van der Waals surface area contributed by atoms with E-state index in [1.165, 1.54) is 15.8 Å². The predicted molar refractivity (Wildman–Crippen MR) is 138 cm³/mol. The quantitative estimate of drug-likeness (QED) is 0.287. The lowest BCUT2D eigenvalue weighted by Gasteiger charge is -2.12. The third-order valence-electron chi connectivity index (χ3n) is 5.71. The Morgan fingerprint density at radius 1 is 1.06 bits per heavy atom. The standard InChI is InChI=1S/C26H27N5O2S/c1-15(2)17-8-11-20-21(12-17)34-25-28-19(14-31(20)25)16-6-9-18(10-7-16)27-24(32)29-23-13-22(33-30-23)26(3,4)5/h6-15H,1-5H3,(H2,27,29,30,32). The van der Waals surface area contributed by atoms with Crippen LogP contribution in [0.2, 0.25) is 0 Å². The van der Waals surface area contributed by atoms with E-state index >= 15 is 0 Å². The summed E-state index contributed by atoms with van der Waals surface area (Å²) >= 11 is 1.70. The van der Waals surface area contributed by atoms with Crippen LogP contribution < -0.4 is 10.6 Å². The molecular weight excluding hydrogens is 446 g/mol. The number of carbonyl (C=O) groups is 1. The van der Waals surface area contributed by atoms with Crippen LogP contribution in [0.15, 0.2) is 59.3 Å². The molecule has 3 heterocycles. The lowest BCUT2D eigenvalue weighted by molar-refractivity contribution is 0.262. The van der Waals surface area contributed by atoms with Crippen molar-refractivity contribution in [2.45, 2.75) is 46.0 Å². The number of thiazole rings is 1. The van der Waals surface area contributed by atoms with Crippen molar-refractivity contribution >= 4 is 44.1 Å². The number of nitrogens with zero attached hydrogens (tertiary/aromatic N) is 3. The Bertz CT molecular complexity index is 1490. The van der Waals surface area contributed by atoms with E-state index in [0.717, 1.165) is 16.2 Å². The highest BCUT2D eigenvalue weighted by Crippen LogP contribution is 2.32. The first-order chi connectivity index (χ1) is 16.2. The van der Waals surface area contributed by atoms with E-state index in [9.17, 15) is 4.79 Å². The normalized spacial score (nSPS) is 12.1. The lowest BCUT2D eigenvalue weighted by atomic mass is 9.93. The molecule has 0 bridgehead atoms. The second kappa shape index (κ2) is 8.29. The highest BCUT2D eigenvalue weighted by Gasteiger charge is 2.20. The fourth-order valence-electron chi connectivity index (χ4n) is 3.71. The maximum absolute atomic E-state index is 12.4. The van der Waals surface area contributed by atoms with E-state index in [4.69, 9.17) is 9.51 Å². The summed E-state index contributed by atoms with van der Waals surface area (Å²) in [4.78, 5) is 18.1. The van der Waals surface area contributed by atoms with Gasteiger partial charge in [-0.25, -0.2) is 9.78 Å². The largest absolute Gasteiger partial charge is 0.359 e. The highest BCUT2D eigenvalue weighted by molar-refractivity contribution is 7.23. The van der Waals surface area contributed by atoms with Gasteiger partial charge in [0.15, 0.2) is 10.8 Å². The Hall–Kier alpha value is -3.65. The number of rotatable bonds is 4. The molecule has 0 aliphatic rings. The Morgan fingerprint density at radius 3 is 2.50 bits per heavy atom. The van der Waals surface area contributed by atoms with Crippen LogP contribution >= 0.6 is 11.3 Å². The fourth-order valence-corrected chi connectivity index (χ4v) is 4.76. The number of carbonyl (C=O) groups excluding carboxylic acids is 1. The zero-order valence-corrected chi connectivity index (χ0v) is 20.7. The number of urea groups is 1. The predicted octanol–water partition coefficient (Wildman–Crippen LogP) is 7.27. The highest BCUT2D eigenvalue weighted by atomic mass is 32.1. The monoisotopic (exact) mass is 473 g/mol. The molecule has 174 valence electrons. The molecule has 0 spiro atoms. The number of hydrogen-bond donors (Lipinski definition) is 2. The number of aromatic nitrogens is 3. The maximum atomic E-state index is 12.4. The van der Waals surface area contributed by atoms with Crippen molar-refractivity contribution in [3.05, 3.63) is 66.1 Å². The molecule has 0 saturated heterocycles. The number of amides is 2. The molecule has 7 nitrogen and oxygen atoms in total. The number of imidazole rings is 1. The molecule has 5 aromatic rings. The van der Waals surface area contributed by atoms with E-state index in [0.29, 0.717) is 23.2 Å². The number of fused-ring (bicyclic) bond motifs is 3. The molecule has 0 atom stereocenters. The van der Waals surface area contributed by atoms with Crippen LogP contribution in [0, 0.1) is 0 Å². The summed E-state index contributed by atoms with van der Waals surface area (Å²) in [5.41, 5.74) is 4.88. The van der Waals surface area contributed by atoms with Crippen LogP contribution in [0.25, 0.3) is 26.4 Å². The van der Waals surface area contributed by atoms with Gasteiger partial charge in [-0.1, -0.05) is 69.3 Å². The molecule has 34 heavy (non-hydrogen) atoms. The molecule has 0 fully saturated rings. The molecule has 5 rings (SSSR count). The summed E-state index contributed by atoms with van der Waals surface area (Å²) in [6.07, 6.45) is 2.07. The van der Waals surface area contributed by atoms with Gasteiger partial charge in [0.1, 0.15) is 5.76 Å². The van der Waals surface area contributed by atoms with Crippen LogP contribution in [0.4, 0.5) is 16.3 Å². The van der Waals surface area contributed by atoms with Crippen LogP contribution in [0.3, 0.4) is 0 Å². The third kappa shape index (κ3) is 4.28. The number of hydrogen-bond acceptors (Lipinski definition) is 5. The Labute approximate surface area is 201 Å². The van der Waals surface area contributed by atoms with Gasteiger partial charge in [0.05, 0.1) is 15.9 Å². The molecule has 2 aromatic carbocycles. The Balaban J connectivity index is 1.29. The molecule has 0 aliphatic carbocycles. The van der Waals surface area contributed by atoms with Crippen LogP contribution in [-0.2, 0) is 5.41 Å². The van der Waals surface area contributed by atoms with Crippen LogP contribution in [-0.4, -0.2) is 20.6 Å². The van der Waals surface area contributed by atoms with Crippen molar-refractivity contribution in [1.29, 1.82) is 0 Å². The number of benzene rings is 2. The van der Waals surface area contributed by atoms with Gasteiger partial charge in [-0.3, -0.25) is 9.72 Å². The van der Waals surface area contributed by atoms with E-state index in [1.807, 2.05) is 45.0 Å². The molecular formula is C26H27N5O2S. The van der Waals surface area contributed by atoms with Gasteiger partial charge < -0.3 is 9.84 Å². The van der Waals surface area contributed by atoms with Gasteiger partial charge in [0.2, 0.25) is 0 Å². The SMILES string of the molecule is CC(C)c1ccc2c(c1)sc1nc(-c3ccc(NC(=O)Nc4cc(C(C)(C)C)on4)cc3)cn12. The lowest BCUT2D eigenvalue weighted by Crippen LogP contribution is -2.19. The van der Waals surface area contributed by atoms with Gasteiger partial charge in [0, 0.05) is 28.9 Å². The molecule has 8 heteroatoms. The smallest absolute Gasteiger partial charge is 0.324 e. The van der Waals surface area contributed by atoms with Gasteiger partial charge in [0.25, 0.3) is 0 Å². The third-order valence-corrected chi connectivity index (χ3v) is 6.73. The summed E-state index contributed by atoms with van der Waals surface area (Å²) < 4.78 is 8.69. The summed E-state index contributed by atoms with van der Waals surface area (Å²) in [7, 11) is 0. The first kappa shape index (κ1) is 22.2. The van der Waals surface area contributed by atoms with Gasteiger partial charge in [-0.2, -0.15) is 0 Å². The second-order valence-corrected chi connectivity index (χ2v) is 10.8. The topological polar surface area (TPSA) is 84.5 Å². The van der Waals surface area contributed by atoms with Crippen molar-refractivity contribution in [3.63, 3.8) is 0 Å². The first-order valence-corrected chi connectivity index (χ1v) is 12.1. The molecule has 2 amide bonds. The average molecular weight is 474 g/mol. The molecule has 0 saturated carbocycles. The molecule has 0 unspecified atom stereocenters. The molecule has 0 aliphatic heterocycles. The zero-order valence-electron chi connectivity index (χ0n) is 19.8. The van der Waals surface area contributed by atoms with Crippen molar-refractivity contribution in [1.82, 2.24) is 14.5 Å². The van der Waals surface area contributed by atoms with Gasteiger partial charge in [-0.05, 0) is 35.7 Å². The summed E-state index contributed by atoms with van der Waals surface area (Å²) in [6, 6.07) is 15.6. The van der Waals surface area contributed by atoms with E-state index in [2.05, 4.69) is 58.4 Å². The Morgan fingerprint density at radius 2 is 1.82 bits per heavy atom. The average Bonchev–Trinajstić information content (AvgIpc) is 3.48. The maximum Gasteiger partial charge on any atom is 0.324 e. The van der Waals surface area contributed by atoms with E-state index in [-0.39, 0.29) is 11.4 Å². The summed E-state index contributed by atoms with van der Waals surface area (Å²) in [6.45, 7) is 10.5. The van der Waals surface area contributed by atoms with Crippen molar-refractivity contribution in [3.8, 4) is 11.3 Å². The second-order valence-electron chi connectivity index (χ2n) is 9.75. The van der Waals surface area contributed by atoms with Crippen molar-refractivity contribution < 1.29 is 9.32 Å². The summed E-state index contributed by atoms with van der Waals surface area (Å²) in [5, 5.41) is 9.44. The zero-order chi connectivity index (χ0) is 24.0. The Kier molecular flexibility index (Phi) is 5.40. The van der Waals surface area contributed by atoms with Gasteiger partial charge >= 0.3 is 6.03 Å². The van der Waals surface area contributed by atoms with E-state index < -0.39 is 0 Å². The number of nitrogens with one attached hydrogen (secondary N) is 2. The van der Waals surface area contributed by atoms with Crippen LogP contribution in [0.5, 0.6) is 0 Å². The molecule has 2 N–H and O–H groups in total. The fraction of sp³-hybridized carbons (Fsp3) is 0.269. The van der Waals surface area contributed by atoms with Crippen molar-refractivity contribution in [2.24, 2.45) is 0 Å². The van der Waals surface area contributed by atoms with Crippen LogP contribution in [0.1, 0.15) is 51.9 Å². The minimum atomic E-state index is -0.378. The van der Waals surface area contributed by atoms with Gasteiger partial charge in [-0.15, -0.1) is 0 Å². The van der Waals surface area contributed by atoms with Crippen molar-refractivity contribution in [2.75, 3.05) is 10.6 Å². The summed E-state index contributed by atoms with van der Waals surface area (Å²) in [5.74, 6) is 1.59. The minimum absolute atomic E-state index is 0.176. The first-order valence-electron chi connectivity index (χ1n) is 11.2.